The van der Waals surface area contributed by atoms with E-state index >= 15 is 0 Å². The third kappa shape index (κ3) is 4.78. The van der Waals surface area contributed by atoms with E-state index in [4.69, 9.17) is 5.86 Å². The Bertz CT molecular complexity index is 456. The van der Waals surface area contributed by atoms with Crippen LogP contribution < -0.4 is 0 Å². The fraction of sp³-hybridized carbons (Fsp3) is 0.714. The molecule has 0 aliphatic carbocycles. The molecule has 0 aromatic carbocycles. The molecule has 0 fully saturated rings. The minimum atomic E-state index is -1.71. The van der Waals surface area contributed by atoms with Gasteiger partial charge in [0.25, 0.3) is 0 Å². The number of thiophene rings is 1. The Labute approximate surface area is 137 Å². The molecule has 1 N–H and O–H groups in total. The van der Waals surface area contributed by atoms with Crippen molar-refractivity contribution in [3.05, 3.63) is 15.8 Å². The van der Waals surface area contributed by atoms with Crippen LogP contribution in [0.1, 0.15) is 50.3 Å². The van der Waals surface area contributed by atoms with E-state index in [1.807, 2.05) is 11.3 Å². The van der Waals surface area contributed by atoms with E-state index in [0.717, 1.165) is 11.1 Å². The molecule has 1 aromatic heterocycles. The Morgan fingerprint density at radius 3 is 2.60 bits per heavy atom. The molecule has 0 bridgehead atoms. The van der Waals surface area contributed by atoms with Crippen LogP contribution in [0, 0.1) is 0 Å². The molecule has 0 saturated heterocycles. The third-order valence-corrected chi connectivity index (χ3v) is 11.2. The summed E-state index contributed by atoms with van der Waals surface area (Å²) in [5.74, 6) is 0.477. The molecule has 0 aliphatic rings. The molecule has 6 heteroatoms. The summed E-state index contributed by atoms with van der Waals surface area (Å²) in [4.78, 5) is 3.80. The molecule has 1 aromatic rings. The standard InChI is InChI=1S/C14H26O2S3Si/c1-10(2)13-12(18-19-15)8-11(17-13)9-16-20(6,7)14(3,4)5/h8,10,15H,9H2,1-7H3/i/hT. The smallest absolute Gasteiger partial charge is 0.229 e. The first-order chi connectivity index (χ1) is 9.58. The highest BCUT2D eigenvalue weighted by molar-refractivity contribution is 8.74. The molecule has 0 aliphatic heterocycles. The second kappa shape index (κ2) is 7.20. The summed E-state index contributed by atoms with van der Waals surface area (Å²) in [5, 5.41) is 0.234. The van der Waals surface area contributed by atoms with E-state index in [0.29, 0.717) is 12.5 Å². The van der Waals surface area contributed by atoms with Crippen LogP contribution in [0.3, 0.4) is 0 Å². The van der Waals surface area contributed by atoms with E-state index in [1.54, 1.807) is 0 Å². The van der Waals surface area contributed by atoms with E-state index in [1.165, 1.54) is 25.4 Å². The maximum Gasteiger partial charge on any atom is 0.229 e. The zero-order chi connectivity index (χ0) is 16.3. The van der Waals surface area contributed by atoms with Crippen LogP contribution in [-0.4, -0.2) is 12.9 Å². The number of hydrogen-bond donors (Lipinski definition) is 1. The fourth-order valence-corrected chi connectivity index (χ4v) is 5.21. The van der Waals surface area contributed by atoms with Gasteiger partial charge < -0.3 is 8.98 Å². The zero-order valence-corrected chi connectivity index (χ0v) is 16.9. The van der Waals surface area contributed by atoms with Gasteiger partial charge in [-0.3, -0.25) is 0 Å². The average molecular weight is 353 g/mol. The lowest BCUT2D eigenvalue weighted by atomic mass is 10.2. The Morgan fingerprint density at radius 1 is 1.45 bits per heavy atom. The Morgan fingerprint density at radius 2 is 2.10 bits per heavy atom. The van der Waals surface area contributed by atoms with E-state index in [2.05, 4.69) is 58.3 Å². The van der Waals surface area contributed by atoms with Crippen LogP contribution in [0.2, 0.25) is 18.1 Å². The lowest BCUT2D eigenvalue weighted by Crippen LogP contribution is -2.40. The predicted molar refractivity (Wildman–Crippen MR) is 96.5 cm³/mol. The van der Waals surface area contributed by atoms with E-state index < -0.39 is 8.32 Å². The average Bonchev–Trinajstić information content (AvgIpc) is 2.76. The summed E-state index contributed by atoms with van der Waals surface area (Å²) in [6.45, 7) is 16.4. The molecule has 1 rings (SSSR count). The van der Waals surface area contributed by atoms with Crippen LogP contribution in [-0.2, 0) is 11.0 Å². The molecule has 0 radical (unpaired) electrons. The third-order valence-electron chi connectivity index (χ3n) is 3.81. The van der Waals surface area contributed by atoms with Gasteiger partial charge in [-0.25, -0.2) is 0 Å². The SMILES string of the molecule is [3H]OSSc1cc(CO[Si](C)(C)C(C)(C)C)sc1C(C)C. The number of rotatable bonds is 7. The molecule has 0 atom stereocenters. The predicted octanol–water partition coefficient (Wildman–Crippen LogP) is 6.61. The molecule has 2 nitrogen and oxygen atoms in total. The molecular formula is C14H26O2S3Si. The summed E-state index contributed by atoms with van der Waals surface area (Å²) < 4.78 is 17.5. The highest BCUT2D eigenvalue weighted by Crippen LogP contribution is 2.42. The van der Waals surface area contributed by atoms with Crippen LogP contribution in [0.4, 0.5) is 0 Å². The Kier molecular flexibility index (Phi) is 6.08. The van der Waals surface area contributed by atoms with Crippen molar-refractivity contribution in [2.75, 3.05) is 0 Å². The molecule has 0 saturated carbocycles. The first kappa shape index (κ1) is 16.9. The van der Waals surface area contributed by atoms with E-state index in [9.17, 15) is 0 Å². The summed E-state index contributed by atoms with van der Waals surface area (Å²) >= 11 is 2.91. The minimum absolute atomic E-state index is 0.234. The van der Waals surface area contributed by atoms with Crippen molar-refractivity contribution in [2.24, 2.45) is 0 Å². The van der Waals surface area contributed by atoms with Gasteiger partial charge in [-0.2, -0.15) is 0 Å². The quantitative estimate of drug-likeness (QED) is 0.340. The van der Waals surface area contributed by atoms with Crippen molar-refractivity contribution in [3.8, 4) is 0 Å². The lowest BCUT2D eigenvalue weighted by Gasteiger charge is -2.36. The summed E-state index contributed by atoms with van der Waals surface area (Å²) in [6.07, 6.45) is 0. The van der Waals surface area contributed by atoms with Crippen molar-refractivity contribution >= 4 is 41.5 Å². The van der Waals surface area contributed by atoms with Gasteiger partial charge in [-0.1, -0.05) is 34.6 Å². The van der Waals surface area contributed by atoms with Gasteiger partial charge in [0, 0.05) is 14.6 Å². The van der Waals surface area contributed by atoms with Crippen LogP contribution in [0.15, 0.2) is 11.0 Å². The second-order valence-corrected chi connectivity index (χ2v) is 14.4. The monoisotopic (exact) mass is 352 g/mol. The van der Waals surface area contributed by atoms with Crippen molar-refractivity contribution in [1.29, 1.82) is 1.43 Å². The van der Waals surface area contributed by atoms with Gasteiger partial charge in [0.05, 0.1) is 17.7 Å². The molecule has 0 amide bonds. The summed E-state index contributed by atoms with van der Waals surface area (Å²) in [7, 11) is -0.200. The molecule has 0 unspecified atom stereocenters. The molecular weight excluding hydrogens is 324 g/mol. The largest absolute Gasteiger partial charge is 0.412 e. The Balaban J connectivity index is 2.80. The highest BCUT2D eigenvalue weighted by Gasteiger charge is 2.37. The zero-order valence-electron chi connectivity index (χ0n) is 14.4. The van der Waals surface area contributed by atoms with Crippen LogP contribution >= 0.6 is 33.2 Å². The molecule has 20 heavy (non-hydrogen) atoms. The van der Waals surface area contributed by atoms with Gasteiger partial charge >= 0.3 is 0 Å². The fourth-order valence-electron chi connectivity index (χ4n) is 1.48. The van der Waals surface area contributed by atoms with Gasteiger partial charge in [0.1, 0.15) is 0 Å². The minimum Gasteiger partial charge on any atom is -0.412 e. The van der Waals surface area contributed by atoms with Crippen molar-refractivity contribution in [1.82, 2.24) is 0 Å². The van der Waals surface area contributed by atoms with Gasteiger partial charge in [0.2, 0.25) is 1.43 Å². The van der Waals surface area contributed by atoms with E-state index in [-0.39, 0.29) is 5.04 Å². The maximum absolute atomic E-state index is 6.79. The topological polar surface area (TPSA) is 29.5 Å². The lowest BCUT2D eigenvalue weighted by molar-refractivity contribution is 0.279. The molecule has 0 spiro atoms. The first-order valence-electron chi connectivity index (χ1n) is 7.22. The van der Waals surface area contributed by atoms with Crippen LogP contribution in [0.25, 0.3) is 1.43 Å². The summed E-state index contributed by atoms with van der Waals surface area (Å²) in [6, 6.07) is 2.18. The second-order valence-electron chi connectivity index (χ2n) is 6.80. The molecule has 116 valence electrons. The number of hydrogen-bond acceptors (Lipinski definition) is 5. The Hall–Kier alpha value is 0.537. The highest BCUT2D eigenvalue weighted by atomic mass is 33.1. The summed E-state index contributed by atoms with van der Waals surface area (Å²) in [5.41, 5.74) is 0. The van der Waals surface area contributed by atoms with Gasteiger partial charge in [-0.05, 0) is 40.9 Å². The molecule has 1 heterocycles. The van der Waals surface area contributed by atoms with Crippen molar-refractivity contribution in [2.45, 2.75) is 70.2 Å². The van der Waals surface area contributed by atoms with Gasteiger partial charge in [0.15, 0.2) is 8.32 Å². The van der Waals surface area contributed by atoms with Crippen LogP contribution in [0.5, 0.6) is 0 Å². The van der Waals surface area contributed by atoms with Gasteiger partial charge in [-0.15, -0.1) is 11.3 Å². The normalized spacial score (nSPS) is 13.9. The van der Waals surface area contributed by atoms with Crippen molar-refractivity contribution < 1.29 is 8.98 Å². The first-order valence-corrected chi connectivity index (χ1v) is 12.6. The maximum atomic E-state index is 6.79. The van der Waals surface area contributed by atoms with Crippen molar-refractivity contribution in [3.63, 3.8) is 0 Å².